The van der Waals surface area contributed by atoms with Gasteiger partial charge in [-0.2, -0.15) is 0 Å². The number of rotatable bonds is 13. The number of nitrogens with zero attached hydrogens (tertiary/aromatic N) is 2. The molecular weight excluding hydrogens is 320 g/mol. The molecule has 0 bridgehead atoms. The highest BCUT2D eigenvalue weighted by atomic mass is 32.2. The lowest BCUT2D eigenvalue weighted by atomic mass is 10.4. The summed E-state index contributed by atoms with van der Waals surface area (Å²) in [7, 11) is 2.54. The van der Waals surface area contributed by atoms with E-state index in [0.717, 1.165) is 32.7 Å². The van der Waals surface area contributed by atoms with Gasteiger partial charge in [0.05, 0.1) is 19.0 Å². The molecule has 0 aromatic carbocycles. The van der Waals surface area contributed by atoms with Crippen LogP contribution >= 0.6 is 0 Å². The molecule has 0 fully saturated rings. The summed E-state index contributed by atoms with van der Waals surface area (Å²) >= 11 is 0. The molecule has 0 aliphatic heterocycles. The summed E-state index contributed by atoms with van der Waals surface area (Å²) < 4.78 is 32.2. The SMILES string of the molecule is CN=C(NCCOCCS(C)(=O)=O)NCCN(C)CCCOC. The van der Waals surface area contributed by atoms with Gasteiger partial charge in [-0.05, 0) is 13.5 Å². The first-order valence-corrected chi connectivity index (χ1v) is 9.82. The van der Waals surface area contributed by atoms with Crippen molar-refractivity contribution in [1.29, 1.82) is 0 Å². The van der Waals surface area contributed by atoms with E-state index in [0.29, 0.717) is 19.1 Å². The smallest absolute Gasteiger partial charge is 0.191 e. The molecule has 0 unspecified atom stereocenters. The van der Waals surface area contributed by atoms with Gasteiger partial charge < -0.3 is 25.0 Å². The van der Waals surface area contributed by atoms with Crippen molar-refractivity contribution in [2.75, 3.05) is 79.2 Å². The van der Waals surface area contributed by atoms with Crippen molar-refractivity contribution < 1.29 is 17.9 Å². The number of methoxy groups -OCH3 is 1. The molecule has 0 heterocycles. The first-order chi connectivity index (χ1) is 10.9. The molecule has 0 aromatic rings. The standard InChI is InChI=1S/C14H32N4O4S/c1-15-14(16-6-9-18(2)8-5-10-21-3)17-7-11-22-12-13-23(4,19)20/h5-13H2,1-4H3,(H2,15,16,17). The second kappa shape index (κ2) is 13.5. The van der Waals surface area contributed by atoms with E-state index in [4.69, 9.17) is 9.47 Å². The average molecular weight is 353 g/mol. The Labute approximate surface area is 140 Å². The van der Waals surface area contributed by atoms with Crippen molar-refractivity contribution in [2.24, 2.45) is 4.99 Å². The lowest BCUT2D eigenvalue weighted by molar-refractivity contribution is 0.154. The number of hydrogen-bond acceptors (Lipinski definition) is 6. The lowest BCUT2D eigenvalue weighted by Gasteiger charge is -2.18. The Morgan fingerprint density at radius 3 is 2.43 bits per heavy atom. The first kappa shape index (κ1) is 22.1. The second-order valence-electron chi connectivity index (χ2n) is 5.32. The third kappa shape index (κ3) is 15.8. The Bertz CT molecular complexity index is 415. The summed E-state index contributed by atoms with van der Waals surface area (Å²) in [6.07, 6.45) is 2.22. The minimum Gasteiger partial charge on any atom is -0.385 e. The van der Waals surface area contributed by atoms with Crippen LogP contribution in [0.5, 0.6) is 0 Å². The number of hydrogen-bond donors (Lipinski definition) is 2. The van der Waals surface area contributed by atoms with E-state index in [2.05, 4.69) is 27.6 Å². The zero-order chi connectivity index (χ0) is 17.6. The van der Waals surface area contributed by atoms with Crippen molar-refractivity contribution in [1.82, 2.24) is 15.5 Å². The molecule has 0 atom stereocenters. The van der Waals surface area contributed by atoms with E-state index < -0.39 is 9.84 Å². The van der Waals surface area contributed by atoms with Crippen LogP contribution in [0.4, 0.5) is 0 Å². The maximum Gasteiger partial charge on any atom is 0.191 e. The zero-order valence-electron chi connectivity index (χ0n) is 14.8. The highest BCUT2D eigenvalue weighted by molar-refractivity contribution is 7.90. The highest BCUT2D eigenvalue weighted by Gasteiger charge is 2.02. The van der Waals surface area contributed by atoms with Crippen LogP contribution in [0, 0.1) is 0 Å². The van der Waals surface area contributed by atoms with E-state index >= 15 is 0 Å². The van der Waals surface area contributed by atoms with Crippen molar-refractivity contribution >= 4 is 15.8 Å². The Morgan fingerprint density at radius 1 is 1.13 bits per heavy atom. The maximum atomic E-state index is 10.9. The largest absolute Gasteiger partial charge is 0.385 e. The number of guanidine groups is 1. The van der Waals surface area contributed by atoms with Gasteiger partial charge in [0.25, 0.3) is 0 Å². The fourth-order valence-electron chi connectivity index (χ4n) is 1.73. The van der Waals surface area contributed by atoms with Gasteiger partial charge in [-0.25, -0.2) is 8.42 Å². The first-order valence-electron chi connectivity index (χ1n) is 7.76. The lowest BCUT2D eigenvalue weighted by Crippen LogP contribution is -2.42. The average Bonchev–Trinajstić information content (AvgIpc) is 2.48. The summed E-state index contributed by atoms with van der Waals surface area (Å²) in [5.41, 5.74) is 0. The molecule has 0 aromatic heterocycles. The fourth-order valence-corrected chi connectivity index (χ4v) is 2.15. The van der Waals surface area contributed by atoms with Gasteiger partial charge in [0.2, 0.25) is 0 Å². The van der Waals surface area contributed by atoms with Crippen molar-refractivity contribution in [3.05, 3.63) is 0 Å². The van der Waals surface area contributed by atoms with Crippen LogP contribution in [0.15, 0.2) is 4.99 Å². The monoisotopic (exact) mass is 352 g/mol. The molecule has 0 aliphatic carbocycles. The van der Waals surface area contributed by atoms with Gasteiger partial charge in [0.1, 0.15) is 9.84 Å². The number of ether oxygens (including phenoxy) is 2. The minimum atomic E-state index is -2.96. The van der Waals surface area contributed by atoms with E-state index in [1.54, 1.807) is 14.2 Å². The molecule has 0 saturated carbocycles. The van der Waals surface area contributed by atoms with Crippen molar-refractivity contribution in [3.8, 4) is 0 Å². The predicted molar refractivity (Wildman–Crippen MR) is 93.9 cm³/mol. The number of likely N-dealkylation sites (N-methyl/N-ethyl adjacent to an activating group) is 1. The van der Waals surface area contributed by atoms with Gasteiger partial charge >= 0.3 is 0 Å². The van der Waals surface area contributed by atoms with Crippen molar-refractivity contribution in [3.63, 3.8) is 0 Å². The molecule has 0 saturated heterocycles. The van der Waals surface area contributed by atoms with Gasteiger partial charge in [-0.15, -0.1) is 0 Å². The molecule has 9 heteroatoms. The van der Waals surface area contributed by atoms with Gasteiger partial charge in [-0.3, -0.25) is 4.99 Å². The zero-order valence-corrected chi connectivity index (χ0v) is 15.6. The summed E-state index contributed by atoms with van der Waals surface area (Å²) in [5.74, 6) is 0.761. The van der Waals surface area contributed by atoms with Crippen LogP contribution in [0.2, 0.25) is 0 Å². The van der Waals surface area contributed by atoms with E-state index in [1.165, 1.54) is 6.26 Å². The van der Waals surface area contributed by atoms with Crippen LogP contribution < -0.4 is 10.6 Å². The minimum absolute atomic E-state index is 0.0510. The molecule has 0 aliphatic rings. The number of sulfone groups is 1. The van der Waals surface area contributed by atoms with E-state index in [9.17, 15) is 8.42 Å². The van der Waals surface area contributed by atoms with Gasteiger partial charge in [0, 0.05) is 53.2 Å². The van der Waals surface area contributed by atoms with Crippen LogP contribution in [0.3, 0.4) is 0 Å². The molecular formula is C14H32N4O4S. The highest BCUT2D eigenvalue weighted by Crippen LogP contribution is 1.87. The maximum absolute atomic E-state index is 10.9. The fraction of sp³-hybridized carbons (Fsp3) is 0.929. The summed E-state index contributed by atoms with van der Waals surface area (Å²) in [4.78, 5) is 6.35. The Balaban J connectivity index is 3.63. The van der Waals surface area contributed by atoms with Crippen LogP contribution in [-0.4, -0.2) is 98.5 Å². The second-order valence-corrected chi connectivity index (χ2v) is 7.58. The molecule has 0 amide bonds. The molecule has 0 radical (unpaired) electrons. The molecule has 0 rings (SSSR count). The molecule has 0 spiro atoms. The molecule has 8 nitrogen and oxygen atoms in total. The molecule has 138 valence electrons. The van der Waals surface area contributed by atoms with Crippen molar-refractivity contribution in [2.45, 2.75) is 6.42 Å². The Hall–Kier alpha value is -0.900. The molecule has 23 heavy (non-hydrogen) atoms. The van der Waals surface area contributed by atoms with Crippen LogP contribution in [0.25, 0.3) is 0 Å². The predicted octanol–water partition coefficient (Wildman–Crippen LogP) is -0.819. The number of nitrogens with one attached hydrogen (secondary N) is 2. The topological polar surface area (TPSA) is 92.3 Å². The van der Waals surface area contributed by atoms with Gasteiger partial charge in [-0.1, -0.05) is 0 Å². The number of aliphatic imine (C=N–C) groups is 1. The Kier molecular flexibility index (Phi) is 13.0. The van der Waals surface area contributed by atoms with Gasteiger partial charge in [0.15, 0.2) is 5.96 Å². The molecule has 2 N–H and O–H groups in total. The van der Waals surface area contributed by atoms with Crippen LogP contribution in [0.1, 0.15) is 6.42 Å². The van der Waals surface area contributed by atoms with E-state index in [-0.39, 0.29) is 12.4 Å². The van der Waals surface area contributed by atoms with Crippen LogP contribution in [-0.2, 0) is 19.3 Å². The van der Waals surface area contributed by atoms with E-state index in [1.807, 2.05) is 0 Å². The summed E-state index contributed by atoms with van der Waals surface area (Å²) in [5, 5.41) is 6.34. The quantitative estimate of drug-likeness (QED) is 0.254. The Morgan fingerprint density at radius 2 is 1.83 bits per heavy atom. The third-order valence-electron chi connectivity index (χ3n) is 3.04. The normalized spacial score (nSPS) is 12.7. The summed E-state index contributed by atoms with van der Waals surface area (Å²) in [6.45, 7) is 4.71. The summed E-state index contributed by atoms with van der Waals surface area (Å²) in [6, 6.07) is 0. The third-order valence-corrected chi connectivity index (χ3v) is 3.94.